The van der Waals surface area contributed by atoms with Crippen LogP contribution in [-0.4, -0.2) is 21.4 Å². The van der Waals surface area contributed by atoms with Gasteiger partial charge in [-0.3, -0.25) is 10.1 Å². The van der Waals surface area contributed by atoms with Crippen LogP contribution in [0.4, 0.5) is 11.5 Å². The van der Waals surface area contributed by atoms with Gasteiger partial charge in [-0.05, 0) is 22.9 Å². The van der Waals surface area contributed by atoms with Gasteiger partial charge in [0.1, 0.15) is 12.0 Å². The lowest BCUT2D eigenvalue weighted by atomic mass is 10.2. The Morgan fingerprint density at radius 2 is 2.32 bits per heavy atom. The molecule has 2 aromatic heterocycles. The van der Waals surface area contributed by atoms with Crippen LogP contribution in [-0.2, 0) is 6.42 Å². The molecule has 2 rings (SSSR count). The Kier molecular flexibility index (Phi) is 4.43. The normalized spacial score (nSPS) is 10.4. The predicted molar refractivity (Wildman–Crippen MR) is 77.6 cm³/mol. The van der Waals surface area contributed by atoms with E-state index < -0.39 is 4.92 Å². The van der Waals surface area contributed by atoms with Crippen LogP contribution in [0, 0.1) is 17.0 Å². The van der Waals surface area contributed by atoms with Gasteiger partial charge in [0.05, 0.1) is 20.6 Å². The molecule has 0 radical (unpaired) electrons. The van der Waals surface area contributed by atoms with Crippen molar-refractivity contribution in [2.45, 2.75) is 13.3 Å². The molecule has 0 saturated carbocycles. The minimum atomic E-state index is -0.438. The van der Waals surface area contributed by atoms with Gasteiger partial charge in [-0.25, -0.2) is 9.97 Å². The van der Waals surface area contributed by atoms with E-state index in [4.69, 9.17) is 0 Å². The molecule has 6 nitrogen and oxygen atoms in total. The first kappa shape index (κ1) is 13.9. The van der Waals surface area contributed by atoms with E-state index in [9.17, 15) is 10.1 Å². The SMILES string of the molecule is Cc1c([N+](=O)[O-])cnc(NCCc2cscn2)c1Br. The molecule has 19 heavy (non-hydrogen) atoms. The second kappa shape index (κ2) is 6.07. The number of thiazole rings is 1. The first-order chi connectivity index (χ1) is 9.09. The highest BCUT2D eigenvalue weighted by molar-refractivity contribution is 9.10. The molecular weight excluding hydrogens is 332 g/mol. The quantitative estimate of drug-likeness (QED) is 0.666. The number of nitrogens with zero attached hydrogens (tertiary/aromatic N) is 3. The van der Waals surface area contributed by atoms with E-state index in [-0.39, 0.29) is 5.69 Å². The summed E-state index contributed by atoms with van der Waals surface area (Å²) in [4.78, 5) is 18.6. The zero-order valence-electron chi connectivity index (χ0n) is 10.1. The Morgan fingerprint density at radius 3 is 2.95 bits per heavy atom. The number of aromatic nitrogens is 2. The van der Waals surface area contributed by atoms with Gasteiger partial charge >= 0.3 is 0 Å². The molecule has 0 amide bonds. The van der Waals surface area contributed by atoms with Gasteiger partial charge in [-0.2, -0.15) is 0 Å². The highest BCUT2D eigenvalue weighted by atomic mass is 79.9. The molecule has 0 aliphatic heterocycles. The van der Waals surface area contributed by atoms with Crippen LogP contribution >= 0.6 is 27.3 Å². The van der Waals surface area contributed by atoms with Crippen molar-refractivity contribution in [1.29, 1.82) is 0 Å². The van der Waals surface area contributed by atoms with Crippen molar-refractivity contribution in [2.24, 2.45) is 0 Å². The van der Waals surface area contributed by atoms with E-state index >= 15 is 0 Å². The van der Waals surface area contributed by atoms with Crippen molar-refractivity contribution < 1.29 is 4.92 Å². The minimum Gasteiger partial charge on any atom is -0.369 e. The molecule has 1 N–H and O–H groups in total. The van der Waals surface area contributed by atoms with Crippen LogP contribution < -0.4 is 5.32 Å². The third-order valence-corrected chi connectivity index (χ3v) is 4.20. The maximum Gasteiger partial charge on any atom is 0.291 e. The molecular formula is C11H11BrN4O2S. The summed E-state index contributed by atoms with van der Waals surface area (Å²) in [5, 5.41) is 15.9. The van der Waals surface area contributed by atoms with E-state index in [1.807, 2.05) is 5.38 Å². The van der Waals surface area contributed by atoms with E-state index in [1.54, 1.807) is 23.8 Å². The monoisotopic (exact) mass is 342 g/mol. The van der Waals surface area contributed by atoms with Crippen molar-refractivity contribution in [2.75, 3.05) is 11.9 Å². The molecule has 0 spiro atoms. The molecule has 0 saturated heterocycles. The molecule has 2 aromatic rings. The fraction of sp³-hybridized carbons (Fsp3) is 0.273. The average Bonchev–Trinajstić information content (AvgIpc) is 2.87. The predicted octanol–water partition coefficient (Wildman–Crippen LogP) is 3.17. The summed E-state index contributed by atoms with van der Waals surface area (Å²) in [6.45, 7) is 2.36. The van der Waals surface area contributed by atoms with Gasteiger partial charge in [0.25, 0.3) is 5.69 Å². The van der Waals surface area contributed by atoms with Crippen LogP contribution in [0.1, 0.15) is 11.3 Å². The number of nitro groups is 1. The van der Waals surface area contributed by atoms with Gasteiger partial charge < -0.3 is 5.32 Å². The third-order valence-electron chi connectivity index (χ3n) is 2.59. The Hall–Kier alpha value is -1.54. The molecule has 8 heteroatoms. The molecule has 0 bridgehead atoms. The van der Waals surface area contributed by atoms with Crippen LogP contribution in [0.5, 0.6) is 0 Å². The van der Waals surface area contributed by atoms with Crippen LogP contribution in [0.15, 0.2) is 21.6 Å². The maximum absolute atomic E-state index is 10.8. The minimum absolute atomic E-state index is 0.0110. The number of halogens is 1. The maximum atomic E-state index is 10.8. The Bertz CT molecular complexity index is 589. The average molecular weight is 343 g/mol. The number of anilines is 1. The van der Waals surface area contributed by atoms with Crippen LogP contribution in [0.25, 0.3) is 0 Å². The van der Waals surface area contributed by atoms with E-state index in [2.05, 4.69) is 31.2 Å². The second-order valence-electron chi connectivity index (χ2n) is 3.84. The molecule has 100 valence electrons. The standard InChI is InChI=1S/C11H11BrN4O2S/c1-7-9(16(17)18)4-14-11(10(7)12)13-3-2-8-5-19-6-15-8/h4-6H,2-3H2,1H3,(H,13,14). The van der Waals surface area contributed by atoms with Crippen LogP contribution in [0.3, 0.4) is 0 Å². The van der Waals surface area contributed by atoms with Crippen molar-refractivity contribution in [3.8, 4) is 0 Å². The molecule has 0 unspecified atom stereocenters. The third kappa shape index (κ3) is 3.27. The van der Waals surface area contributed by atoms with Crippen LogP contribution in [0.2, 0.25) is 0 Å². The number of hydrogen-bond donors (Lipinski definition) is 1. The topological polar surface area (TPSA) is 81.0 Å². The molecule has 0 aromatic carbocycles. The molecule has 0 aliphatic rings. The molecule has 0 fully saturated rings. The van der Waals surface area contributed by atoms with Crippen molar-refractivity contribution >= 4 is 38.8 Å². The summed E-state index contributed by atoms with van der Waals surface area (Å²) < 4.78 is 0.625. The first-order valence-electron chi connectivity index (χ1n) is 5.50. The fourth-order valence-corrected chi connectivity index (χ4v) is 2.59. The lowest BCUT2D eigenvalue weighted by Crippen LogP contribution is -2.08. The summed E-state index contributed by atoms with van der Waals surface area (Å²) in [7, 11) is 0. The summed E-state index contributed by atoms with van der Waals surface area (Å²) in [5.41, 5.74) is 3.39. The first-order valence-corrected chi connectivity index (χ1v) is 7.23. The largest absolute Gasteiger partial charge is 0.369 e. The Labute approximate surface area is 122 Å². The lowest BCUT2D eigenvalue weighted by molar-refractivity contribution is -0.385. The molecule has 2 heterocycles. The van der Waals surface area contributed by atoms with E-state index in [0.717, 1.165) is 12.1 Å². The molecule has 0 aliphatic carbocycles. The summed E-state index contributed by atoms with van der Waals surface area (Å²) in [6, 6.07) is 0. The Balaban J connectivity index is 2.05. The fourth-order valence-electron chi connectivity index (χ4n) is 1.55. The highest BCUT2D eigenvalue weighted by Gasteiger charge is 2.16. The van der Waals surface area contributed by atoms with Gasteiger partial charge in [-0.15, -0.1) is 11.3 Å². The summed E-state index contributed by atoms with van der Waals surface area (Å²) >= 11 is 4.89. The number of hydrogen-bond acceptors (Lipinski definition) is 6. The number of nitrogens with one attached hydrogen (secondary N) is 1. The summed E-state index contributed by atoms with van der Waals surface area (Å²) in [5.74, 6) is 0.610. The van der Waals surface area contributed by atoms with E-state index in [1.165, 1.54) is 6.20 Å². The van der Waals surface area contributed by atoms with Gasteiger partial charge in [0, 0.05) is 23.9 Å². The van der Waals surface area contributed by atoms with Gasteiger partial charge in [-0.1, -0.05) is 0 Å². The van der Waals surface area contributed by atoms with E-state index in [0.29, 0.717) is 22.4 Å². The van der Waals surface area contributed by atoms with Crippen molar-refractivity contribution in [3.63, 3.8) is 0 Å². The summed E-state index contributed by atoms with van der Waals surface area (Å²) in [6.07, 6.45) is 2.05. The number of rotatable bonds is 5. The zero-order chi connectivity index (χ0) is 13.8. The highest BCUT2D eigenvalue weighted by Crippen LogP contribution is 2.30. The molecule has 0 atom stereocenters. The van der Waals surface area contributed by atoms with Gasteiger partial charge in [0.2, 0.25) is 0 Å². The smallest absolute Gasteiger partial charge is 0.291 e. The Morgan fingerprint density at radius 1 is 1.53 bits per heavy atom. The lowest BCUT2D eigenvalue weighted by Gasteiger charge is -2.08. The van der Waals surface area contributed by atoms with Crippen molar-refractivity contribution in [1.82, 2.24) is 9.97 Å². The number of pyridine rings is 1. The van der Waals surface area contributed by atoms with Gasteiger partial charge in [0.15, 0.2) is 0 Å². The van der Waals surface area contributed by atoms with Crippen molar-refractivity contribution in [3.05, 3.63) is 42.9 Å². The second-order valence-corrected chi connectivity index (χ2v) is 5.36. The zero-order valence-corrected chi connectivity index (χ0v) is 12.5.